The van der Waals surface area contributed by atoms with Gasteiger partial charge in [0.2, 0.25) is 11.7 Å². The molecule has 1 aromatic carbocycles. The second-order valence-electron chi connectivity index (χ2n) is 6.08. The standard InChI is InChI=1S/C17H23N3O2/c1-12(2)20-10-6-7-13(11-20)17-18-16(19-22-17)14-8-4-5-9-15(14)21-3/h4-5,8-9,12-13H,6-7,10-11H2,1-3H3. The highest BCUT2D eigenvalue weighted by Crippen LogP contribution is 2.31. The Balaban J connectivity index is 1.81. The Labute approximate surface area is 131 Å². The minimum Gasteiger partial charge on any atom is -0.496 e. The largest absolute Gasteiger partial charge is 0.496 e. The van der Waals surface area contributed by atoms with Crippen molar-refractivity contribution >= 4 is 0 Å². The van der Waals surface area contributed by atoms with Crippen LogP contribution >= 0.6 is 0 Å². The number of benzene rings is 1. The van der Waals surface area contributed by atoms with Crippen LogP contribution in [-0.2, 0) is 0 Å². The highest BCUT2D eigenvalue weighted by molar-refractivity contribution is 5.63. The van der Waals surface area contributed by atoms with Gasteiger partial charge in [0.25, 0.3) is 0 Å². The molecule has 0 saturated carbocycles. The molecule has 0 bridgehead atoms. The fraction of sp³-hybridized carbons (Fsp3) is 0.529. The van der Waals surface area contributed by atoms with Crippen molar-refractivity contribution in [3.63, 3.8) is 0 Å². The smallest absolute Gasteiger partial charge is 0.231 e. The maximum atomic E-state index is 5.54. The van der Waals surface area contributed by atoms with E-state index in [1.807, 2.05) is 24.3 Å². The normalized spacial score (nSPS) is 19.5. The first-order chi connectivity index (χ1) is 10.7. The Morgan fingerprint density at radius 3 is 2.91 bits per heavy atom. The first-order valence-corrected chi connectivity index (χ1v) is 7.90. The molecule has 5 nitrogen and oxygen atoms in total. The van der Waals surface area contributed by atoms with Gasteiger partial charge in [0.1, 0.15) is 5.75 Å². The zero-order chi connectivity index (χ0) is 15.5. The van der Waals surface area contributed by atoms with Crippen molar-refractivity contribution in [1.29, 1.82) is 0 Å². The monoisotopic (exact) mass is 301 g/mol. The number of para-hydroxylation sites is 1. The SMILES string of the molecule is COc1ccccc1-c1noc(C2CCCN(C(C)C)C2)n1. The Morgan fingerprint density at radius 2 is 2.14 bits per heavy atom. The van der Waals surface area contributed by atoms with Crippen LogP contribution in [0.4, 0.5) is 0 Å². The molecule has 2 heterocycles. The molecular formula is C17H23N3O2. The third-order valence-corrected chi connectivity index (χ3v) is 4.32. The van der Waals surface area contributed by atoms with E-state index in [1.165, 1.54) is 6.42 Å². The molecule has 1 saturated heterocycles. The summed E-state index contributed by atoms with van der Waals surface area (Å²) < 4.78 is 10.9. The Kier molecular flexibility index (Phi) is 4.43. The van der Waals surface area contributed by atoms with E-state index in [4.69, 9.17) is 9.26 Å². The maximum absolute atomic E-state index is 5.54. The molecule has 0 N–H and O–H groups in total. The van der Waals surface area contributed by atoms with Gasteiger partial charge in [0.05, 0.1) is 18.6 Å². The van der Waals surface area contributed by atoms with E-state index in [9.17, 15) is 0 Å². The van der Waals surface area contributed by atoms with Crippen LogP contribution in [0.1, 0.15) is 38.5 Å². The first kappa shape index (κ1) is 15.0. The number of methoxy groups -OCH3 is 1. The van der Waals surface area contributed by atoms with E-state index in [1.54, 1.807) is 7.11 Å². The number of hydrogen-bond acceptors (Lipinski definition) is 5. The topological polar surface area (TPSA) is 51.4 Å². The summed E-state index contributed by atoms with van der Waals surface area (Å²) in [5.74, 6) is 2.44. The predicted octanol–water partition coefficient (Wildman–Crippen LogP) is 3.33. The van der Waals surface area contributed by atoms with Gasteiger partial charge in [-0.2, -0.15) is 4.98 Å². The van der Waals surface area contributed by atoms with Gasteiger partial charge in [0, 0.05) is 12.6 Å². The van der Waals surface area contributed by atoms with Crippen molar-refractivity contribution in [2.45, 2.75) is 38.6 Å². The summed E-state index contributed by atoms with van der Waals surface area (Å²) >= 11 is 0. The fourth-order valence-electron chi connectivity index (χ4n) is 3.02. The molecule has 1 unspecified atom stereocenters. The predicted molar refractivity (Wildman–Crippen MR) is 85.0 cm³/mol. The van der Waals surface area contributed by atoms with Gasteiger partial charge >= 0.3 is 0 Å². The summed E-state index contributed by atoms with van der Waals surface area (Å²) in [5, 5.41) is 4.16. The lowest BCUT2D eigenvalue weighted by Gasteiger charge is -2.33. The number of likely N-dealkylation sites (tertiary alicyclic amines) is 1. The highest BCUT2D eigenvalue weighted by atomic mass is 16.5. The van der Waals surface area contributed by atoms with E-state index >= 15 is 0 Å². The van der Waals surface area contributed by atoms with E-state index in [2.05, 4.69) is 28.9 Å². The second kappa shape index (κ2) is 6.48. The lowest BCUT2D eigenvalue weighted by molar-refractivity contribution is 0.153. The van der Waals surface area contributed by atoms with E-state index in [0.717, 1.165) is 36.7 Å². The lowest BCUT2D eigenvalue weighted by atomic mass is 9.97. The Bertz CT molecular complexity index is 624. The van der Waals surface area contributed by atoms with Crippen molar-refractivity contribution in [3.05, 3.63) is 30.2 Å². The number of piperidine rings is 1. The average Bonchev–Trinajstić information content (AvgIpc) is 3.04. The van der Waals surface area contributed by atoms with Crippen LogP contribution in [-0.4, -0.2) is 41.3 Å². The molecule has 0 aliphatic carbocycles. The van der Waals surface area contributed by atoms with Crippen LogP contribution in [0.3, 0.4) is 0 Å². The minimum atomic E-state index is 0.326. The van der Waals surface area contributed by atoms with Crippen LogP contribution in [0, 0.1) is 0 Å². The molecular weight excluding hydrogens is 278 g/mol. The second-order valence-corrected chi connectivity index (χ2v) is 6.08. The quantitative estimate of drug-likeness (QED) is 0.867. The molecule has 1 fully saturated rings. The van der Waals surface area contributed by atoms with Crippen molar-refractivity contribution in [1.82, 2.24) is 15.0 Å². The van der Waals surface area contributed by atoms with Gasteiger partial charge in [0.15, 0.2) is 0 Å². The molecule has 5 heteroatoms. The number of hydrogen-bond donors (Lipinski definition) is 0. The molecule has 0 spiro atoms. The summed E-state index contributed by atoms with van der Waals surface area (Å²) in [7, 11) is 1.65. The molecule has 1 atom stereocenters. The number of rotatable bonds is 4. The Hall–Kier alpha value is -1.88. The molecule has 3 rings (SSSR count). The van der Waals surface area contributed by atoms with Gasteiger partial charge in [-0.25, -0.2) is 0 Å². The maximum Gasteiger partial charge on any atom is 0.231 e. The van der Waals surface area contributed by atoms with E-state index in [0.29, 0.717) is 17.8 Å². The average molecular weight is 301 g/mol. The minimum absolute atomic E-state index is 0.326. The van der Waals surface area contributed by atoms with Crippen LogP contribution in [0.15, 0.2) is 28.8 Å². The van der Waals surface area contributed by atoms with Crippen LogP contribution in [0.25, 0.3) is 11.4 Å². The van der Waals surface area contributed by atoms with Crippen LogP contribution in [0.2, 0.25) is 0 Å². The number of nitrogens with zero attached hydrogens (tertiary/aromatic N) is 3. The first-order valence-electron chi connectivity index (χ1n) is 7.90. The van der Waals surface area contributed by atoms with Crippen molar-refractivity contribution in [2.24, 2.45) is 0 Å². The third kappa shape index (κ3) is 2.99. The van der Waals surface area contributed by atoms with Crippen LogP contribution in [0.5, 0.6) is 5.75 Å². The number of ether oxygens (including phenoxy) is 1. The number of aromatic nitrogens is 2. The molecule has 118 valence electrons. The molecule has 1 aliphatic rings. The van der Waals surface area contributed by atoms with Gasteiger partial charge in [-0.1, -0.05) is 17.3 Å². The molecule has 0 amide bonds. The lowest BCUT2D eigenvalue weighted by Crippen LogP contribution is -2.39. The molecule has 22 heavy (non-hydrogen) atoms. The van der Waals surface area contributed by atoms with E-state index < -0.39 is 0 Å². The van der Waals surface area contributed by atoms with Crippen LogP contribution < -0.4 is 4.74 Å². The van der Waals surface area contributed by atoms with Gasteiger partial charge < -0.3 is 14.2 Å². The zero-order valence-corrected chi connectivity index (χ0v) is 13.5. The Morgan fingerprint density at radius 1 is 1.32 bits per heavy atom. The zero-order valence-electron chi connectivity index (χ0n) is 13.5. The van der Waals surface area contributed by atoms with Gasteiger partial charge in [-0.3, -0.25) is 0 Å². The summed E-state index contributed by atoms with van der Waals surface area (Å²) in [5.41, 5.74) is 0.872. The molecule has 0 radical (unpaired) electrons. The summed E-state index contributed by atoms with van der Waals surface area (Å²) in [6.07, 6.45) is 2.28. The van der Waals surface area contributed by atoms with Crippen molar-refractivity contribution in [2.75, 3.05) is 20.2 Å². The molecule has 2 aromatic rings. The van der Waals surface area contributed by atoms with E-state index in [-0.39, 0.29) is 0 Å². The summed E-state index contributed by atoms with van der Waals surface area (Å²) in [6.45, 7) is 6.61. The van der Waals surface area contributed by atoms with Gasteiger partial charge in [-0.05, 0) is 45.4 Å². The summed E-state index contributed by atoms with van der Waals surface area (Å²) in [4.78, 5) is 7.10. The van der Waals surface area contributed by atoms with Gasteiger partial charge in [-0.15, -0.1) is 0 Å². The fourth-order valence-corrected chi connectivity index (χ4v) is 3.02. The van der Waals surface area contributed by atoms with Crippen molar-refractivity contribution in [3.8, 4) is 17.1 Å². The van der Waals surface area contributed by atoms with Crippen molar-refractivity contribution < 1.29 is 9.26 Å². The third-order valence-electron chi connectivity index (χ3n) is 4.32. The summed E-state index contributed by atoms with van der Waals surface area (Å²) in [6, 6.07) is 8.31. The molecule has 1 aromatic heterocycles. The molecule has 1 aliphatic heterocycles. The highest BCUT2D eigenvalue weighted by Gasteiger charge is 2.27.